The van der Waals surface area contributed by atoms with Crippen molar-refractivity contribution >= 4 is 56.7 Å². The third-order valence-corrected chi connectivity index (χ3v) is 13.2. The number of rotatable bonds is 6. The molecule has 5 atom stereocenters. The Morgan fingerprint density at radius 2 is 1.81 bits per heavy atom. The number of carbonyl (C=O) groups is 5. The van der Waals surface area contributed by atoms with Gasteiger partial charge in [-0.1, -0.05) is 72.2 Å². The predicted molar refractivity (Wildman–Crippen MR) is 203 cm³/mol. The lowest BCUT2D eigenvalue weighted by Crippen LogP contribution is -2.60. The molecule has 2 aliphatic heterocycles. The second-order valence-electron chi connectivity index (χ2n) is 17.4. The number of carbonyl (C=O) groups excluding carboxylic acids is 5. The van der Waals surface area contributed by atoms with Crippen molar-refractivity contribution in [2.45, 2.75) is 115 Å². The summed E-state index contributed by atoms with van der Waals surface area (Å²) < 4.78 is 35.1. The van der Waals surface area contributed by atoms with E-state index in [1.807, 2.05) is 62.7 Å². The maximum absolute atomic E-state index is 14.6. The lowest BCUT2D eigenvalue weighted by atomic mass is 9.85. The molecule has 1 saturated heterocycles. The molecule has 2 saturated carbocycles. The van der Waals surface area contributed by atoms with E-state index >= 15 is 0 Å². The highest BCUT2D eigenvalue weighted by molar-refractivity contribution is 7.91. The molecule has 15 heteroatoms. The molecule has 4 bridgehead atoms. The van der Waals surface area contributed by atoms with E-state index in [-0.39, 0.29) is 43.2 Å². The van der Waals surface area contributed by atoms with Crippen LogP contribution < -0.4 is 20.7 Å². The molecule has 3 fully saturated rings. The summed E-state index contributed by atoms with van der Waals surface area (Å²) in [5.74, 6) is -2.68. The van der Waals surface area contributed by atoms with E-state index in [1.54, 1.807) is 20.8 Å². The minimum absolute atomic E-state index is 0.0195. The van der Waals surface area contributed by atoms with Crippen molar-refractivity contribution in [2.75, 3.05) is 13.2 Å². The number of fused-ring (bicyclic) bond motifs is 3. The molecule has 54 heavy (non-hydrogen) atoms. The van der Waals surface area contributed by atoms with Crippen LogP contribution in [0.2, 0.25) is 0 Å². The highest BCUT2D eigenvalue weighted by Crippen LogP contribution is 2.47. The van der Waals surface area contributed by atoms with Crippen molar-refractivity contribution in [2.24, 2.45) is 23.8 Å². The van der Waals surface area contributed by atoms with Crippen LogP contribution in [-0.2, 0) is 36.2 Å². The molecule has 1 aromatic carbocycles. The average Bonchev–Trinajstić information content (AvgIpc) is 4.00. The summed E-state index contributed by atoms with van der Waals surface area (Å²) in [6.07, 6.45) is 6.48. The van der Waals surface area contributed by atoms with Gasteiger partial charge >= 0.3 is 6.09 Å². The molecule has 294 valence electrons. The van der Waals surface area contributed by atoms with E-state index in [0.29, 0.717) is 31.4 Å². The lowest BCUT2D eigenvalue weighted by Gasteiger charge is -2.35. The molecule has 5 amide bonds. The fraction of sp³-hybridized carbons (Fsp3) is 0.615. The van der Waals surface area contributed by atoms with E-state index in [2.05, 4.69) is 26.7 Å². The van der Waals surface area contributed by atoms with E-state index < -0.39 is 68.2 Å². The fourth-order valence-electron chi connectivity index (χ4n) is 7.73. The Kier molecular flexibility index (Phi) is 10.4. The zero-order valence-corrected chi connectivity index (χ0v) is 33.1. The van der Waals surface area contributed by atoms with Crippen LogP contribution in [0.4, 0.5) is 4.79 Å². The van der Waals surface area contributed by atoms with Crippen LogP contribution in [0.3, 0.4) is 0 Å². The van der Waals surface area contributed by atoms with Gasteiger partial charge in [-0.25, -0.2) is 13.2 Å². The van der Waals surface area contributed by atoms with Crippen LogP contribution in [-0.4, -0.2) is 89.7 Å². The first-order valence-electron chi connectivity index (χ1n) is 18.9. The Bertz CT molecular complexity index is 1990. The van der Waals surface area contributed by atoms with Gasteiger partial charge in [0.15, 0.2) is 0 Å². The van der Waals surface area contributed by atoms with Gasteiger partial charge in [0, 0.05) is 30.5 Å². The molecule has 14 nitrogen and oxygen atoms in total. The van der Waals surface area contributed by atoms with Crippen LogP contribution in [0.1, 0.15) is 103 Å². The van der Waals surface area contributed by atoms with Gasteiger partial charge in [-0.2, -0.15) is 0 Å². The summed E-state index contributed by atoms with van der Waals surface area (Å²) in [5.41, 5.74) is -0.443. The maximum atomic E-state index is 14.6. The summed E-state index contributed by atoms with van der Waals surface area (Å²) >= 11 is 0. The average molecular weight is 767 g/mol. The third kappa shape index (κ3) is 8.01. The van der Waals surface area contributed by atoms with E-state index in [1.165, 1.54) is 4.90 Å². The Labute approximate surface area is 317 Å². The number of hydrogen-bond donors (Lipinski definition) is 4. The first kappa shape index (κ1) is 39.3. The molecule has 0 radical (unpaired) electrons. The zero-order valence-electron chi connectivity index (χ0n) is 32.3. The number of nitrogens with one attached hydrogen (secondary N) is 4. The minimum atomic E-state index is -3.88. The molecular weight excluding hydrogens is 713 g/mol. The molecule has 0 unspecified atom stereocenters. The van der Waals surface area contributed by atoms with Crippen molar-refractivity contribution in [3.8, 4) is 0 Å². The molecule has 2 aliphatic carbocycles. The molecule has 6 rings (SSSR count). The second-order valence-corrected chi connectivity index (χ2v) is 19.3. The number of sulfonamides is 1. The smallest absolute Gasteiger partial charge is 0.407 e. The molecule has 3 heterocycles. The number of allylic oxidation sites excluding steroid dienone is 1. The second kappa shape index (κ2) is 14.3. The predicted octanol–water partition coefficient (Wildman–Crippen LogP) is 3.75. The molecule has 1 aromatic heterocycles. The zero-order chi connectivity index (χ0) is 39.4. The monoisotopic (exact) mass is 766 g/mol. The third-order valence-electron chi connectivity index (χ3n) is 11.4. The van der Waals surface area contributed by atoms with Gasteiger partial charge in [0.1, 0.15) is 23.3 Å². The van der Waals surface area contributed by atoms with Gasteiger partial charge in [-0.15, -0.1) is 0 Å². The van der Waals surface area contributed by atoms with E-state index in [9.17, 15) is 32.4 Å². The van der Waals surface area contributed by atoms with Crippen LogP contribution in [0.25, 0.3) is 17.0 Å². The Morgan fingerprint density at radius 1 is 1.09 bits per heavy atom. The SMILES string of the molecule is CC[C@@H]1C[C@]1(NC(=O)[C@@H]1C[C@@H]2CN1C(=O)[C@H](C(C)(C)C)NC(=O)OCC(C)(C)CC/C=C/c1cccc3c1cc(n3C)C(=O)N2)C(=O)NS(=O)(=O)C1CC1. The first-order chi connectivity index (χ1) is 25.3. The fourth-order valence-corrected chi connectivity index (χ4v) is 9.09. The summed E-state index contributed by atoms with van der Waals surface area (Å²) in [6.45, 7) is 11.3. The summed E-state index contributed by atoms with van der Waals surface area (Å²) in [4.78, 5) is 71.0. The van der Waals surface area contributed by atoms with Gasteiger partial charge in [-0.3, -0.25) is 23.9 Å². The largest absolute Gasteiger partial charge is 0.449 e. The number of amides is 5. The van der Waals surface area contributed by atoms with Crippen molar-refractivity contribution in [1.82, 2.24) is 30.1 Å². The van der Waals surface area contributed by atoms with E-state index in [4.69, 9.17) is 4.74 Å². The normalized spacial score (nSPS) is 28.5. The van der Waals surface area contributed by atoms with E-state index in [0.717, 1.165) is 22.9 Å². The number of aryl methyl sites for hydroxylation is 1. The molecule has 2 aromatic rings. The highest BCUT2D eigenvalue weighted by Gasteiger charge is 2.62. The number of benzene rings is 1. The van der Waals surface area contributed by atoms with Crippen LogP contribution in [0.15, 0.2) is 30.3 Å². The lowest BCUT2D eigenvalue weighted by molar-refractivity contribution is -0.142. The number of alkyl carbamates (subject to hydrolysis) is 1. The van der Waals surface area contributed by atoms with Crippen molar-refractivity contribution in [3.05, 3.63) is 41.6 Å². The quantitative estimate of drug-likeness (QED) is 0.343. The van der Waals surface area contributed by atoms with Gasteiger partial charge < -0.3 is 30.2 Å². The Balaban J connectivity index is 1.34. The Hall–Kier alpha value is -4.40. The van der Waals surface area contributed by atoms with Crippen molar-refractivity contribution in [3.63, 3.8) is 0 Å². The molecule has 4 aliphatic rings. The van der Waals surface area contributed by atoms with Crippen molar-refractivity contribution < 1.29 is 37.1 Å². The molecule has 4 N–H and O–H groups in total. The minimum Gasteiger partial charge on any atom is -0.449 e. The standard InChI is InChI=1S/C39H54N6O8S/c1-8-24-20-39(24,35(49)43-54(51,52)26-15-16-26)42-33(47)30-18-25-21-45(30)34(48)31(37(2,3)4)41-36(50)53-22-38(5,6)17-10-9-12-23-13-11-14-28-27(23)19-29(44(28)7)32(46)40-25/h9,11-14,19,24-26,30-31H,8,10,15-18,20-22H2,1-7H3,(H,40,46)(H,41,50)(H,42,47)(H,43,49)/b12-9+/t24-,25-,30+,31-,39-/m1/s1. The molecule has 0 spiro atoms. The summed E-state index contributed by atoms with van der Waals surface area (Å²) in [7, 11) is -2.07. The van der Waals surface area contributed by atoms with Gasteiger partial charge in [-0.05, 0) is 73.0 Å². The van der Waals surface area contributed by atoms with Crippen molar-refractivity contribution in [1.29, 1.82) is 0 Å². The summed E-state index contributed by atoms with van der Waals surface area (Å²) in [5, 5.41) is 8.90. The van der Waals surface area contributed by atoms with Gasteiger partial charge in [0.2, 0.25) is 21.8 Å². The number of ether oxygens (including phenoxy) is 1. The number of aromatic nitrogens is 1. The number of hydrogen-bond acceptors (Lipinski definition) is 8. The van der Waals surface area contributed by atoms with Gasteiger partial charge in [0.05, 0.1) is 11.9 Å². The summed E-state index contributed by atoms with van der Waals surface area (Å²) in [6, 6.07) is 4.76. The van der Waals surface area contributed by atoms with Crippen LogP contribution in [0, 0.1) is 16.7 Å². The molecular formula is C39H54N6O8S. The van der Waals surface area contributed by atoms with Gasteiger partial charge in [0.25, 0.3) is 11.8 Å². The van der Waals surface area contributed by atoms with Crippen LogP contribution >= 0.6 is 0 Å². The maximum Gasteiger partial charge on any atom is 0.407 e. The highest BCUT2D eigenvalue weighted by atomic mass is 32.2. The van der Waals surface area contributed by atoms with Crippen LogP contribution in [0.5, 0.6) is 0 Å². The Morgan fingerprint density at radius 3 is 2.46 bits per heavy atom. The number of cyclic esters (lactones) is 1. The first-order valence-corrected chi connectivity index (χ1v) is 20.5. The topological polar surface area (TPSA) is 185 Å². The number of nitrogens with zero attached hydrogens (tertiary/aromatic N) is 2.